The molecule has 0 aliphatic rings. The molecule has 0 aliphatic carbocycles. The number of nitrogens with zero attached hydrogens (tertiary/aromatic N) is 1. The molecule has 7 heteroatoms. The first-order valence-corrected chi connectivity index (χ1v) is 4.91. The molecule has 0 fully saturated rings. The SMILES string of the molecule is COc1ccc([N+](=O)[O-])c(OC)c1C(=O)Br. The summed E-state index contributed by atoms with van der Waals surface area (Å²) in [7, 11) is 2.61. The average Bonchev–Trinajstić information content (AvgIpc) is 2.26. The van der Waals surface area contributed by atoms with Crippen LogP contribution in [0.5, 0.6) is 11.5 Å². The molecule has 1 rings (SSSR count). The van der Waals surface area contributed by atoms with Gasteiger partial charge in [-0.25, -0.2) is 0 Å². The predicted octanol–water partition coefficient (Wildman–Crippen LogP) is 2.15. The molecule has 0 saturated heterocycles. The van der Waals surface area contributed by atoms with Crippen molar-refractivity contribution in [1.29, 1.82) is 0 Å². The van der Waals surface area contributed by atoms with Gasteiger partial charge in [-0.2, -0.15) is 0 Å². The second-order valence-corrected chi connectivity index (χ2v) is 3.45. The maximum absolute atomic E-state index is 11.3. The molecule has 1 aromatic carbocycles. The number of halogens is 1. The Hall–Kier alpha value is -1.63. The van der Waals surface area contributed by atoms with Crippen LogP contribution in [0.1, 0.15) is 10.4 Å². The smallest absolute Gasteiger partial charge is 0.312 e. The van der Waals surface area contributed by atoms with Crippen LogP contribution in [0, 0.1) is 10.1 Å². The molecule has 0 radical (unpaired) electrons. The fourth-order valence-electron chi connectivity index (χ4n) is 1.26. The first-order valence-electron chi connectivity index (χ1n) is 4.12. The Morgan fingerprint density at radius 2 is 2.00 bits per heavy atom. The zero-order valence-electron chi connectivity index (χ0n) is 8.52. The number of ether oxygens (including phenoxy) is 2. The van der Waals surface area contributed by atoms with Crippen molar-refractivity contribution < 1.29 is 19.2 Å². The van der Waals surface area contributed by atoms with Crippen molar-refractivity contribution in [2.24, 2.45) is 0 Å². The summed E-state index contributed by atoms with van der Waals surface area (Å²) in [5, 5.41) is 10.7. The van der Waals surface area contributed by atoms with Crippen LogP contribution < -0.4 is 9.47 Å². The van der Waals surface area contributed by atoms with Crippen molar-refractivity contribution >= 4 is 26.3 Å². The minimum absolute atomic E-state index is 0.000741. The monoisotopic (exact) mass is 289 g/mol. The molecule has 0 unspecified atom stereocenters. The van der Waals surface area contributed by atoms with Crippen LogP contribution >= 0.6 is 15.9 Å². The Morgan fingerprint density at radius 3 is 2.38 bits per heavy atom. The van der Waals surface area contributed by atoms with Crippen molar-refractivity contribution in [1.82, 2.24) is 0 Å². The molecule has 0 N–H and O–H groups in total. The molecule has 0 aromatic heterocycles. The highest BCUT2D eigenvalue weighted by Crippen LogP contribution is 2.38. The highest BCUT2D eigenvalue weighted by atomic mass is 79.9. The van der Waals surface area contributed by atoms with Crippen LogP contribution in [-0.2, 0) is 0 Å². The Labute approximate surface area is 99.4 Å². The number of carbonyl (C=O) groups excluding carboxylic acids is 1. The van der Waals surface area contributed by atoms with E-state index in [-0.39, 0.29) is 22.7 Å². The van der Waals surface area contributed by atoms with Gasteiger partial charge in [0.05, 0.1) is 19.1 Å². The van der Waals surface area contributed by atoms with Crippen molar-refractivity contribution in [2.45, 2.75) is 0 Å². The third kappa shape index (κ3) is 2.13. The Kier molecular flexibility index (Phi) is 3.83. The molecule has 0 saturated carbocycles. The van der Waals surface area contributed by atoms with Gasteiger partial charge in [-0.05, 0) is 22.0 Å². The molecule has 6 nitrogen and oxygen atoms in total. The second-order valence-electron chi connectivity index (χ2n) is 2.73. The molecule has 0 bridgehead atoms. The van der Waals surface area contributed by atoms with Crippen LogP contribution in [-0.4, -0.2) is 23.8 Å². The molecule has 16 heavy (non-hydrogen) atoms. The van der Waals surface area contributed by atoms with E-state index in [2.05, 4.69) is 15.9 Å². The highest BCUT2D eigenvalue weighted by molar-refractivity contribution is 9.18. The first-order chi connectivity index (χ1) is 7.52. The zero-order chi connectivity index (χ0) is 12.3. The number of nitro benzene ring substituents is 1. The summed E-state index contributed by atoms with van der Waals surface area (Å²) in [6.07, 6.45) is 0. The van der Waals surface area contributed by atoms with Gasteiger partial charge >= 0.3 is 5.69 Å². The van der Waals surface area contributed by atoms with Gasteiger partial charge < -0.3 is 9.47 Å². The number of benzene rings is 1. The van der Waals surface area contributed by atoms with E-state index >= 15 is 0 Å². The summed E-state index contributed by atoms with van der Waals surface area (Å²) in [5.74, 6) is 0.0931. The predicted molar refractivity (Wildman–Crippen MR) is 59.5 cm³/mol. The minimum Gasteiger partial charge on any atom is -0.496 e. The number of rotatable bonds is 4. The average molecular weight is 290 g/mol. The lowest BCUT2D eigenvalue weighted by atomic mass is 10.1. The van der Waals surface area contributed by atoms with Gasteiger partial charge in [-0.15, -0.1) is 0 Å². The third-order valence-electron chi connectivity index (χ3n) is 1.92. The van der Waals surface area contributed by atoms with Gasteiger partial charge in [0, 0.05) is 6.07 Å². The molecule has 0 amide bonds. The van der Waals surface area contributed by atoms with Gasteiger partial charge in [0.15, 0.2) is 0 Å². The molecular formula is C9H8BrNO5. The molecule has 0 spiro atoms. The maximum Gasteiger partial charge on any atom is 0.312 e. The van der Waals surface area contributed by atoms with Gasteiger partial charge in [0.2, 0.25) is 10.4 Å². The highest BCUT2D eigenvalue weighted by Gasteiger charge is 2.25. The van der Waals surface area contributed by atoms with Gasteiger partial charge in [-0.1, -0.05) is 0 Å². The fourth-order valence-corrected chi connectivity index (χ4v) is 1.64. The summed E-state index contributed by atoms with van der Waals surface area (Å²) < 4.78 is 9.26. The van der Waals surface area contributed by atoms with Gasteiger partial charge in [0.1, 0.15) is 11.3 Å². The Balaban J connectivity index is 3.56. The number of carbonyl (C=O) groups is 1. The molecule has 0 aliphatic heterocycles. The van der Waals surface area contributed by atoms with Crippen LogP contribution in [0.15, 0.2) is 12.1 Å². The first kappa shape index (κ1) is 12.4. The third-order valence-corrected chi connectivity index (χ3v) is 2.31. The lowest BCUT2D eigenvalue weighted by Crippen LogP contribution is -2.02. The Bertz CT molecular complexity index is 446. The largest absolute Gasteiger partial charge is 0.496 e. The van der Waals surface area contributed by atoms with Crippen molar-refractivity contribution in [3.8, 4) is 11.5 Å². The summed E-state index contributed by atoms with van der Waals surface area (Å²) >= 11 is 2.73. The van der Waals surface area contributed by atoms with Gasteiger partial charge in [-0.3, -0.25) is 14.9 Å². The number of methoxy groups -OCH3 is 2. The van der Waals surface area contributed by atoms with E-state index < -0.39 is 9.62 Å². The standard InChI is InChI=1S/C9H8BrNO5/c1-15-6-4-3-5(11(13)14)8(16-2)7(6)9(10)12/h3-4H,1-2H3. The molecular weight excluding hydrogens is 282 g/mol. The molecule has 0 heterocycles. The second kappa shape index (κ2) is 4.93. The summed E-state index contributed by atoms with van der Waals surface area (Å²) in [6, 6.07) is 2.56. The van der Waals surface area contributed by atoms with E-state index in [4.69, 9.17) is 9.47 Å². The lowest BCUT2D eigenvalue weighted by molar-refractivity contribution is -0.385. The van der Waals surface area contributed by atoms with Crippen LogP contribution in [0.4, 0.5) is 5.69 Å². The van der Waals surface area contributed by atoms with E-state index in [1.807, 2.05) is 0 Å². The van der Waals surface area contributed by atoms with Gasteiger partial charge in [0.25, 0.3) is 0 Å². The molecule has 86 valence electrons. The molecule has 0 atom stereocenters. The normalized spacial score (nSPS) is 9.69. The topological polar surface area (TPSA) is 78.7 Å². The lowest BCUT2D eigenvalue weighted by Gasteiger charge is -2.09. The van der Waals surface area contributed by atoms with E-state index in [1.165, 1.54) is 26.4 Å². The number of nitro groups is 1. The zero-order valence-corrected chi connectivity index (χ0v) is 10.1. The van der Waals surface area contributed by atoms with E-state index in [0.717, 1.165) is 0 Å². The minimum atomic E-state index is -0.627. The van der Waals surface area contributed by atoms with E-state index in [1.54, 1.807) is 0 Å². The Morgan fingerprint density at radius 1 is 1.38 bits per heavy atom. The summed E-state index contributed by atoms with van der Waals surface area (Å²) in [5.41, 5.74) is -0.287. The summed E-state index contributed by atoms with van der Waals surface area (Å²) in [6.45, 7) is 0. The van der Waals surface area contributed by atoms with Crippen molar-refractivity contribution in [3.05, 3.63) is 27.8 Å². The number of hydrogen-bond donors (Lipinski definition) is 0. The van der Waals surface area contributed by atoms with Crippen molar-refractivity contribution in [2.75, 3.05) is 14.2 Å². The van der Waals surface area contributed by atoms with Crippen LogP contribution in [0.3, 0.4) is 0 Å². The molecule has 1 aromatic rings. The quantitative estimate of drug-likeness (QED) is 0.482. The van der Waals surface area contributed by atoms with E-state index in [9.17, 15) is 14.9 Å². The summed E-state index contributed by atoms with van der Waals surface area (Å²) in [4.78, 5) is 21.4. The van der Waals surface area contributed by atoms with Crippen LogP contribution in [0.2, 0.25) is 0 Å². The maximum atomic E-state index is 11.3. The van der Waals surface area contributed by atoms with E-state index in [0.29, 0.717) is 0 Å². The van der Waals surface area contributed by atoms with Crippen LogP contribution in [0.25, 0.3) is 0 Å². The fraction of sp³-hybridized carbons (Fsp3) is 0.222. The number of hydrogen-bond acceptors (Lipinski definition) is 5. The van der Waals surface area contributed by atoms with Crippen molar-refractivity contribution in [3.63, 3.8) is 0 Å².